The van der Waals surface area contributed by atoms with Crippen molar-refractivity contribution in [1.29, 1.82) is 0 Å². The van der Waals surface area contributed by atoms with Crippen LogP contribution in [0.15, 0.2) is 23.1 Å². The van der Waals surface area contributed by atoms with Crippen LogP contribution in [0.4, 0.5) is 0 Å². The number of hydrogen-bond acceptors (Lipinski definition) is 4. The molecule has 82 valence electrons. The van der Waals surface area contributed by atoms with Gasteiger partial charge in [-0.25, -0.2) is 13.2 Å². The van der Waals surface area contributed by atoms with E-state index in [1.165, 1.54) is 0 Å². The van der Waals surface area contributed by atoms with Crippen LogP contribution in [-0.4, -0.2) is 26.5 Å². The number of halogens is 1. The maximum Gasteiger partial charge on any atom is 0.339 e. The van der Waals surface area contributed by atoms with Gasteiger partial charge in [0, 0.05) is 10.7 Å². The minimum atomic E-state index is -4.11. The van der Waals surface area contributed by atoms with Gasteiger partial charge in [0.2, 0.25) is 0 Å². The van der Waals surface area contributed by atoms with Crippen molar-refractivity contribution in [3.05, 3.63) is 23.8 Å². The summed E-state index contributed by atoms with van der Waals surface area (Å²) in [5.74, 6) is -2.00. The molecule has 15 heavy (non-hydrogen) atoms. The molecule has 0 aliphatic carbocycles. The van der Waals surface area contributed by atoms with Crippen LogP contribution in [0.25, 0.3) is 0 Å². The molecule has 1 aromatic rings. The summed E-state index contributed by atoms with van der Waals surface area (Å²) >= 11 is 0. The van der Waals surface area contributed by atoms with Crippen molar-refractivity contribution in [2.75, 3.05) is 7.04 Å². The summed E-state index contributed by atoms with van der Waals surface area (Å²) in [4.78, 5) is 10.4. The van der Waals surface area contributed by atoms with E-state index in [0.29, 0.717) is 0 Å². The van der Waals surface area contributed by atoms with Gasteiger partial charge in [0.05, 0.1) is 16.0 Å². The van der Waals surface area contributed by atoms with E-state index in [0.717, 1.165) is 18.2 Å². The predicted molar refractivity (Wildman–Crippen MR) is 53.0 cm³/mol. The number of ether oxygens (including phenoxy) is 1. The summed E-state index contributed by atoms with van der Waals surface area (Å²) in [6.07, 6.45) is 0. The summed E-state index contributed by atoms with van der Waals surface area (Å²) in [6.45, 7) is 0. The maximum atomic E-state index is 11.0. The van der Waals surface area contributed by atoms with Crippen molar-refractivity contribution in [2.24, 2.45) is 0 Å². The summed E-state index contributed by atoms with van der Waals surface area (Å²) in [6, 6.07) is 2.60. The molecule has 1 rings (SSSR count). The van der Waals surface area contributed by atoms with Gasteiger partial charge in [-0.2, -0.15) is 0 Å². The van der Waals surface area contributed by atoms with Crippen molar-refractivity contribution < 1.29 is 27.2 Å². The van der Waals surface area contributed by atoms with Gasteiger partial charge in [0.25, 0.3) is 9.05 Å². The highest BCUT2D eigenvalue weighted by Gasteiger charge is 2.17. The zero-order chi connectivity index (χ0) is 14.1. The highest BCUT2D eigenvalue weighted by molar-refractivity contribution is 8.13. The molecular formula is C8H7ClO5S. The highest BCUT2D eigenvalue weighted by Crippen LogP contribution is 2.24. The number of rotatable bonds is 3. The van der Waals surface area contributed by atoms with E-state index in [4.69, 9.17) is 19.9 Å². The summed E-state index contributed by atoms with van der Waals surface area (Å²) in [5.41, 5.74) is -0.604. The molecule has 0 radical (unpaired) electrons. The quantitative estimate of drug-likeness (QED) is 0.822. The predicted octanol–water partition coefficient (Wildman–Crippen LogP) is 1.32. The Balaban J connectivity index is 3.35. The Morgan fingerprint density at radius 1 is 1.60 bits per heavy atom. The van der Waals surface area contributed by atoms with Crippen LogP contribution in [0.3, 0.4) is 0 Å². The number of carbonyl (C=O) groups is 1. The number of hydrogen-bond donors (Lipinski definition) is 1. The fourth-order valence-electron chi connectivity index (χ4n) is 0.917. The molecule has 7 heteroatoms. The maximum absolute atomic E-state index is 11.0. The van der Waals surface area contributed by atoms with Gasteiger partial charge in [0.15, 0.2) is 0 Å². The molecule has 0 aliphatic rings. The lowest BCUT2D eigenvalue weighted by Gasteiger charge is -2.05. The van der Waals surface area contributed by atoms with E-state index in [1.54, 1.807) is 0 Å². The van der Waals surface area contributed by atoms with E-state index in [1.807, 2.05) is 0 Å². The third-order valence-electron chi connectivity index (χ3n) is 1.57. The fraction of sp³-hybridized carbons (Fsp3) is 0.125. The zero-order valence-electron chi connectivity index (χ0n) is 10.1. The number of carboxylic acid groups (broad SMARTS) is 1. The van der Waals surface area contributed by atoms with Crippen LogP contribution >= 0.6 is 10.7 Å². The molecule has 0 spiro atoms. The molecule has 1 aromatic carbocycles. The average molecular weight is 254 g/mol. The van der Waals surface area contributed by atoms with E-state index in [2.05, 4.69) is 4.74 Å². The van der Waals surface area contributed by atoms with E-state index >= 15 is 0 Å². The molecule has 0 atom stereocenters. The van der Waals surface area contributed by atoms with Crippen molar-refractivity contribution >= 4 is 25.7 Å². The van der Waals surface area contributed by atoms with Gasteiger partial charge in [-0.15, -0.1) is 0 Å². The molecule has 1 N–H and O–H groups in total. The number of carboxylic acids is 1. The van der Waals surface area contributed by atoms with Crippen molar-refractivity contribution in [3.63, 3.8) is 0 Å². The van der Waals surface area contributed by atoms with Crippen LogP contribution in [0, 0.1) is 0 Å². The van der Waals surface area contributed by atoms with E-state index in [9.17, 15) is 13.2 Å². The second-order valence-corrected chi connectivity index (χ2v) is 5.07. The van der Waals surface area contributed by atoms with Crippen LogP contribution in [0.2, 0.25) is 0 Å². The summed E-state index contributed by atoms with van der Waals surface area (Å²) < 4.78 is 47.1. The lowest BCUT2D eigenvalue weighted by atomic mass is 10.2. The fourth-order valence-corrected chi connectivity index (χ4v) is 1.69. The lowest BCUT2D eigenvalue weighted by Crippen LogP contribution is -2.02. The number of aromatic carboxylic acids is 1. The van der Waals surface area contributed by atoms with Gasteiger partial charge in [-0.05, 0) is 18.2 Å². The SMILES string of the molecule is [2H]C([2H])([2H])Oc1ccc(S(=O)(=O)Cl)cc1C(=O)O. The minimum Gasteiger partial charge on any atom is -0.496 e. The smallest absolute Gasteiger partial charge is 0.339 e. The third kappa shape index (κ3) is 2.60. The van der Waals surface area contributed by atoms with Crippen LogP contribution < -0.4 is 4.74 Å². The average Bonchev–Trinajstić information content (AvgIpc) is 2.13. The Kier molecular flexibility index (Phi) is 2.16. The first-order valence-corrected chi connectivity index (χ1v) is 5.83. The molecule has 0 fully saturated rings. The second kappa shape index (κ2) is 4.08. The Bertz CT molecular complexity index is 581. The standard InChI is InChI=1S/C8H7ClO5S/c1-14-7-3-2-5(15(9,12)13)4-6(7)8(10)11/h2-4H,1H3,(H,10,11)/i1D3. The minimum absolute atomic E-state index is 0.459. The zero-order valence-corrected chi connectivity index (χ0v) is 8.67. The molecule has 0 amide bonds. The van der Waals surface area contributed by atoms with Crippen molar-refractivity contribution in [3.8, 4) is 5.75 Å². The van der Waals surface area contributed by atoms with Crippen molar-refractivity contribution in [1.82, 2.24) is 0 Å². The van der Waals surface area contributed by atoms with E-state index in [-0.39, 0.29) is 0 Å². The molecule has 0 aromatic heterocycles. The Hall–Kier alpha value is -1.27. The first-order valence-electron chi connectivity index (χ1n) is 5.02. The first kappa shape index (κ1) is 7.95. The monoisotopic (exact) mass is 253 g/mol. The normalized spacial score (nSPS) is 14.9. The van der Waals surface area contributed by atoms with Crippen LogP contribution in [-0.2, 0) is 9.05 Å². The second-order valence-electron chi connectivity index (χ2n) is 2.50. The molecule has 0 heterocycles. The highest BCUT2D eigenvalue weighted by atomic mass is 35.7. The largest absolute Gasteiger partial charge is 0.496 e. The van der Waals surface area contributed by atoms with E-state index < -0.39 is 38.3 Å². The van der Waals surface area contributed by atoms with Gasteiger partial charge in [-0.3, -0.25) is 0 Å². The summed E-state index contributed by atoms with van der Waals surface area (Å²) in [5, 5.41) is 8.85. The van der Waals surface area contributed by atoms with Gasteiger partial charge < -0.3 is 9.84 Å². The van der Waals surface area contributed by atoms with Gasteiger partial charge >= 0.3 is 5.97 Å². The Morgan fingerprint density at radius 3 is 2.73 bits per heavy atom. The van der Waals surface area contributed by atoms with Gasteiger partial charge in [0.1, 0.15) is 11.3 Å². The topological polar surface area (TPSA) is 80.7 Å². The third-order valence-corrected chi connectivity index (χ3v) is 2.92. The van der Waals surface area contributed by atoms with Crippen molar-refractivity contribution in [2.45, 2.75) is 4.90 Å². The molecule has 0 bridgehead atoms. The van der Waals surface area contributed by atoms with Gasteiger partial charge in [-0.1, -0.05) is 0 Å². The number of methoxy groups -OCH3 is 1. The lowest BCUT2D eigenvalue weighted by molar-refractivity contribution is 0.0693. The summed E-state index contributed by atoms with van der Waals surface area (Å²) in [7, 11) is -1.90. The Morgan fingerprint density at radius 2 is 2.27 bits per heavy atom. The number of benzene rings is 1. The Labute approximate surface area is 94.9 Å². The van der Waals surface area contributed by atoms with Crippen LogP contribution in [0.1, 0.15) is 14.5 Å². The molecule has 0 saturated carbocycles. The first-order chi connectivity index (χ1) is 8.00. The molecule has 0 unspecified atom stereocenters. The molecule has 0 saturated heterocycles. The van der Waals surface area contributed by atoms with Crippen LogP contribution in [0.5, 0.6) is 5.75 Å². The molecular weight excluding hydrogens is 244 g/mol. The molecule has 5 nitrogen and oxygen atoms in total. The molecule has 0 aliphatic heterocycles.